The third-order valence-electron chi connectivity index (χ3n) is 6.59. The molecule has 10 heteroatoms. The van der Waals surface area contributed by atoms with Gasteiger partial charge in [-0.05, 0) is 79.1 Å². The maximum absolute atomic E-state index is 13.7. The van der Waals surface area contributed by atoms with Gasteiger partial charge < -0.3 is 14.8 Å². The van der Waals surface area contributed by atoms with Crippen molar-refractivity contribution in [3.63, 3.8) is 0 Å². The number of para-hydroxylation sites is 1. The number of allylic oxidation sites excluding steroid dienone is 1. The fraction of sp³-hybridized carbons (Fsp3) is 0.161. The number of aromatic nitrogens is 1. The Labute approximate surface area is 241 Å². The number of hydrogen-bond donors (Lipinski definition) is 2. The zero-order valence-electron chi connectivity index (χ0n) is 22.4. The Balaban J connectivity index is 1.50. The third kappa shape index (κ3) is 6.02. The molecule has 0 aliphatic carbocycles. The average Bonchev–Trinajstić information content (AvgIpc) is 3.50. The summed E-state index contributed by atoms with van der Waals surface area (Å²) in [5.74, 6) is 0.192. The lowest BCUT2D eigenvalue weighted by molar-refractivity contribution is -0.384. The largest absolute Gasteiger partial charge is 0.504 e. The standard InChI is InChI=1S/C31H28N4O5S/c1-3-7-21-16-20(17-27(29(21)36)40-4-2)18-28-30(37)34(15-14-22-19-32-26-9-6-5-8-25(22)26)31(41-28)33-23-10-12-24(13-11-23)35(38)39/h3,5-6,8-13,16-19,32,36H,1,4,7,14-15H2,2H3/b28-18-,33-31?. The molecule has 1 aliphatic heterocycles. The molecule has 0 atom stereocenters. The number of H-pyrrole nitrogens is 1. The first kappa shape index (κ1) is 27.7. The van der Waals surface area contributed by atoms with Crippen molar-refractivity contribution >= 4 is 51.2 Å². The predicted octanol–water partition coefficient (Wildman–Crippen LogP) is 6.76. The molecule has 2 N–H and O–H groups in total. The number of aromatic hydroxyl groups is 1. The summed E-state index contributed by atoms with van der Waals surface area (Å²) in [5, 5.41) is 23.2. The third-order valence-corrected chi connectivity index (χ3v) is 7.60. The van der Waals surface area contributed by atoms with Crippen LogP contribution < -0.4 is 4.74 Å². The van der Waals surface area contributed by atoms with Gasteiger partial charge in [0.15, 0.2) is 16.7 Å². The fourth-order valence-corrected chi connectivity index (χ4v) is 5.64. The van der Waals surface area contributed by atoms with Crippen molar-refractivity contribution in [2.24, 2.45) is 4.99 Å². The minimum absolute atomic E-state index is 0.0337. The lowest BCUT2D eigenvalue weighted by Crippen LogP contribution is -2.31. The van der Waals surface area contributed by atoms with Crippen molar-refractivity contribution in [3.8, 4) is 11.5 Å². The van der Waals surface area contributed by atoms with E-state index in [0.717, 1.165) is 16.5 Å². The van der Waals surface area contributed by atoms with Crippen LogP contribution in [-0.4, -0.2) is 44.1 Å². The Hall–Kier alpha value is -4.83. The molecule has 3 aromatic carbocycles. The highest BCUT2D eigenvalue weighted by molar-refractivity contribution is 8.18. The smallest absolute Gasteiger partial charge is 0.269 e. The number of nitrogens with one attached hydrogen (secondary N) is 1. The molecule has 0 unspecified atom stereocenters. The van der Waals surface area contributed by atoms with E-state index in [1.165, 1.54) is 23.9 Å². The summed E-state index contributed by atoms with van der Waals surface area (Å²) in [6.45, 7) is 6.36. The van der Waals surface area contributed by atoms with E-state index in [9.17, 15) is 20.0 Å². The molecule has 0 radical (unpaired) electrons. The Morgan fingerprint density at radius 2 is 1.95 bits per heavy atom. The van der Waals surface area contributed by atoms with Crippen LogP contribution in [0.1, 0.15) is 23.6 Å². The molecule has 5 rings (SSSR count). The zero-order chi connectivity index (χ0) is 28.9. The number of non-ortho nitro benzene ring substituents is 1. The average molecular weight is 569 g/mol. The number of amides is 1. The Bertz CT molecular complexity index is 1690. The number of thioether (sulfide) groups is 1. The first-order chi connectivity index (χ1) is 19.9. The van der Waals surface area contributed by atoms with Crippen LogP contribution in [0.25, 0.3) is 17.0 Å². The lowest BCUT2D eigenvalue weighted by atomic mass is 10.0. The van der Waals surface area contributed by atoms with Crippen LogP contribution in [0.4, 0.5) is 11.4 Å². The minimum Gasteiger partial charge on any atom is -0.504 e. The van der Waals surface area contributed by atoms with Crippen molar-refractivity contribution in [2.45, 2.75) is 19.8 Å². The number of phenolic OH excluding ortho intramolecular Hbond substituents is 1. The predicted molar refractivity (Wildman–Crippen MR) is 163 cm³/mol. The zero-order valence-corrected chi connectivity index (χ0v) is 23.2. The monoisotopic (exact) mass is 568 g/mol. The van der Waals surface area contributed by atoms with Crippen LogP contribution in [0.15, 0.2) is 89.4 Å². The molecule has 9 nitrogen and oxygen atoms in total. The van der Waals surface area contributed by atoms with Crippen molar-refractivity contribution in [2.75, 3.05) is 13.2 Å². The normalized spacial score (nSPS) is 15.2. The first-order valence-electron chi connectivity index (χ1n) is 13.1. The van der Waals surface area contributed by atoms with E-state index >= 15 is 0 Å². The molecule has 0 spiro atoms. The van der Waals surface area contributed by atoms with E-state index in [0.29, 0.717) is 58.6 Å². The highest BCUT2D eigenvalue weighted by Gasteiger charge is 2.33. The summed E-state index contributed by atoms with van der Waals surface area (Å²) in [7, 11) is 0. The SMILES string of the molecule is C=CCc1cc(/C=C2\SC(=Nc3ccc([N+](=O)[O-])cc3)N(CCc3c[nH]c4ccccc34)C2=O)cc(OCC)c1O. The van der Waals surface area contributed by atoms with Crippen LogP contribution in [-0.2, 0) is 17.6 Å². The molecule has 1 saturated heterocycles. The Morgan fingerprint density at radius 3 is 2.68 bits per heavy atom. The second kappa shape index (κ2) is 12.1. The van der Waals surface area contributed by atoms with Gasteiger partial charge >= 0.3 is 0 Å². The van der Waals surface area contributed by atoms with Crippen LogP contribution in [0.2, 0.25) is 0 Å². The quantitative estimate of drug-likeness (QED) is 0.0944. The topological polar surface area (TPSA) is 121 Å². The number of nitro groups is 1. The molecule has 2 heterocycles. The molecule has 1 aromatic heterocycles. The van der Waals surface area contributed by atoms with Crippen LogP contribution in [0, 0.1) is 10.1 Å². The number of fused-ring (bicyclic) bond motifs is 1. The van der Waals surface area contributed by atoms with Gasteiger partial charge in [0.1, 0.15) is 0 Å². The number of phenols is 1. The molecule has 1 fully saturated rings. The molecule has 41 heavy (non-hydrogen) atoms. The van der Waals surface area contributed by atoms with Crippen molar-refractivity contribution in [1.82, 2.24) is 9.88 Å². The van der Waals surface area contributed by atoms with Crippen LogP contribution in [0.3, 0.4) is 0 Å². The summed E-state index contributed by atoms with van der Waals surface area (Å²) in [6, 6.07) is 17.4. The van der Waals surface area contributed by atoms with Gasteiger partial charge in [-0.25, -0.2) is 4.99 Å². The van der Waals surface area contributed by atoms with Gasteiger partial charge in [0.25, 0.3) is 11.6 Å². The highest BCUT2D eigenvalue weighted by Crippen LogP contribution is 2.38. The van der Waals surface area contributed by atoms with Gasteiger partial charge in [0, 0.05) is 41.3 Å². The Morgan fingerprint density at radius 1 is 1.17 bits per heavy atom. The van der Waals surface area contributed by atoms with Gasteiger partial charge in [0.05, 0.1) is 22.1 Å². The lowest BCUT2D eigenvalue weighted by Gasteiger charge is -2.15. The molecule has 0 bridgehead atoms. The first-order valence-corrected chi connectivity index (χ1v) is 13.9. The summed E-state index contributed by atoms with van der Waals surface area (Å²) < 4.78 is 5.63. The van der Waals surface area contributed by atoms with Crippen LogP contribution >= 0.6 is 11.8 Å². The van der Waals surface area contributed by atoms with E-state index in [2.05, 4.69) is 16.6 Å². The number of aliphatic imine (C=N–C) groups is 1. The van der Waals surface area contributed by atoms with Crippen molar-refractivity contribution in [1.29, 1.82) is 0 Å². The molecule has 1 amide bonds. The second-order valence-electron chi connectivity index (χ2n) is 9.30. The van der Waals surface area contributed by atoms with Crippen molar-refractivity contribution in [3.05, 3.63) is 111 Å². The number of benzene rings is 3. The molecular weight excluding hydrogens is 540 g/mol. The number of carbonyl (C=O) groups is 1. The van der Waals surface area contributed by atoms with E-state index in [-0.39, 0.29) is 17.3 Å². The summed E-state index contributed by atoms with van der Waals surface area (Å²) in [6.07, 6.45) is 6.44. The number of hydrogen-bond acceptors (Lipinski definition) is 7. The van der Waals surface area contributed by atoms with E-state index in [1.807, 2.05) is 43.5 Å². The van der Waals surface area contributed by atoms with Gasteiger partial charge in [-0.1, -0.05) is 24.3 Å². The van der Waals surface area contributed by atoms with Gasteiger partial charge in [-0.15, -0.1) is 6.58 Å². The number of rotatable bonds is 10. The number of carbonyl (C=O) groups excluding carboxylic acids is 1. The number of ether oxygens (including phenoxy) is 1. The van der Waals surface area contributed by atoms with Crippen molar-refractivity contribution < 1.29 is 19.6 Å². The number of nitro benzene ring substituents is 1. The molecule has 4 aromatic rings. The van der Waals surface area contributed by atoms with E-state index < -0.39 is 4.92 Å². The maximum atomic E-state index is 13.7. The van der Waals surface area contributed by atoms with Gasteiger partial charge in [-0.2, -0.15) is 0 Å². The second-order valence-corrected chi connectivity index (χ2v) is 10.3. The minimum atomic E-state index is -0.464. The molecule has 208 valence electrons. The van der Waals surface area contributed by atoms with Crippen LogP contribution in [0.5, 0.6) is 11.5 Å². The summed E-state index contributed by atoms with van der Waals surface area (Å²) in [5.41, 5.74) is 3.92. The Kier molecular flexibility index (Phi) is 8.21. The molecule has 1 aliphatic rings. The van der Waals surface area contributed by atoms with E-state index in [1.54, 1.807) is 35.3 Å². The molecule has 0 saturated carbocycles. The highest BCUT2D eigenvalue weighted by atomic mass is 32.2. The summed E-state index contributed by atoms with van der Waals surface area (Å²) in [4.78, 5) is 34.4. The number of amidine groups is 1. The number of nitrogens with zero attached hydrogens (tertiary/aromatic N) is 3. The van der Waals surface area contributed by atoms with Gasteiger partial charge in [-0.3, -0.25) is 19.8 Å². The molecular formula is C31H28N4O5S. The fourth-order valence-electron chi connectivity index (χ4n) is 4.62. The van der Waals surface area contributed by atoms with E-state index in [4.69, 9.17) is 4.74 Å². The summed E-state index contributed by atoms with van der Waals surface area (Å²) >= 11 is 1.23. The number of aromatic amines is 1. The van der Waals surface area contributed by atoms with Gasteiger partial charge in [0.2, 0.25) is 0 Å². The maximum Gasteiger partial charge on any atom is 0.269 e.